The Hall–Kier alpha value is -1.62. The quantitative estimate of drug-likeness (QED) is 0.768. The van der Waals surface area contributed by atoms with Crippen LogP contribution in [-0.2, 0) is 6.42 Å². The largest absolute Gasteiger partial charge is 0.294 e. The standard InChI is InChI=1S/C14H8BrF3O/c15-9-6-8(4-5-10(9)16)7-13(19)14-11(17)2-1-3-12(14)18/h1-6H,7H2. The Morgan fingerprint density at radius 3 is 2.21 bits per heavy atom. The molecule has 2 aromatic carbocycles. The number of rotatable bonds is 3. The van der Waals surface area contributed by atoms with E-state index in [9.17, 15) is 18.0 Å². The van der Waals surface area contributed by atoms with Crippen LogP contribution in [0.3, 0.4) is 0 Å². The van der Waals surface area contributed by atoms with Gasteiger partial charge in [-0.15, -0.1) is 0 Å². The second kappa shape index (κ2) is 5.57. The number of halogens is 4. The molecule has 0 aliphatic carbocycles. The summed E-state index contributed by atoms with van der Waals surface area (Å²) in [6.07, 6.45) is -0.198. The van der Waals surface area contributed by atoms with Gasteiger partial charge in [-0.05, 0) is 45.8 Å². The third-order valence-corrected chi connectivity index (χ3v) is 3.20. The minimum Gasteiger partial charge on any atom is -0.294 e. The average Bonchev–Trinajstić information content (AvgIpc) is 2.33. The maximum atomic E-state index is 13.4. The van der Waals surface area contributed by atoms with Crippen LogP contribution in [0.2, 0.25) is 0 Å². The zero-order chi connectivity index (χ0) is 14.0. The lowest BCUT2D eigenvalue weighted by Gasteiger charge is -2.05. The van der Waals surface area contributed by atoms with Crippen molar-refractivity contribution < 1.29 is 18.0 Å². The van der Waals surface area contributed by atoms with Gasteiger partial charge in [0.15, 0.2) is 5.78 Å². The van der Waals surface area contributed by atoms with Crippen molar-refractivity contribution in [3.63, 3.8) is 0 Å². The van der Waals surface area contributed by atoms with Gasteiger partial charge in [-0.2, -0.15) is 0 Å². The van der Waals surface area contributed by atoms with Crippen LogP contribution >= 0.6 is 15.9 Å². The number of benzene rings is 2. The SMILES string of the molecule is O=C(Cc1ccc(F)c(Br)c1)c1c(F)cccc1F. The average molecular weight is 329 g/mol. The van der Waals surface area contributed by atoms with E-state index in [4.69, 9.17) is 0 Å². The summed E-state index contributed by atoms with van der Waals surface area (Å²) in [5.41, 5.74) is -0.0936. The Labute approximate surface area is 116 Å². The number of carbonyl (C=O) groups is 1. The van der Waals surface area contributed by atoms with Crippen LogP contribution in [0.1, 0.15) is 15.9 Å². The maximum Gasteiger partial charge on any atom is 0.173 e. The van der Waals surface area contributed by atoms with Gasteiger partial charge in [-0.1, -0.05) is 12.1 Å². The minimum atomic E-state index is -0.897. The first-order valence-electron chi connectivity index (χ1n) is 5.40. The highest BCUT2D eigenvalue weighted by Gasteiger charge is 2.17. The predicted octanol–water partition coefficient (Wildman–Crippen LogP) is 4.29. The first-order valence-corrected chi connectivity index (χ1v) is 6.19. The molecule has 0 aliphatic rings. The minimum absolute atomic E-state index is 0.198. The molecule has 0 aliphatic heterocycles. The van der Waals surface area contributed by atoms with Crippen molar-refractivity contribution in [1.82, 2.24) is 0 Å². The number of carbonyl (C=O) groups excluding carboxylic acids is 1. The van der Waals surface area contributed by atoms with Crippen molar-refractivity contribution in [2.45, 2.75) is 6.42 Å². The van der Waals surface area contributed by atoms with Crippen LogP contribution in [0.5, 0.6) is 0 Å². The predicted molar refractivity (Wildman–Crippen MR) is 68.5 cm³/mol. The smallest absolute Gasteiger partial charge is 0.173 e. The highest BCUT2D eigenvalue weighted by Crippen LogP contribution is 2.20. The molecule has 5 heteroatoms. The van der Waals surface area contributed by atoms with Crippen LogP contribution in [0, 0.1) is 17.5 Å². The molecule has 1 nitrogen and oxygen atoms in total. The van der Waals surface area contributed by atoms with Crippen LogP contribution in [0.15, 0.2) is 40.9 Å². The normalized spacial score (nSPS) is 10.5. The zero-order valence-electron chi connectivity index (χ0n) is 9.59. The number of hydrogen-bond donors (Lipinski definition) is 0. The molecule has 0 fully saturated rings. The molecule has 0 saturated heterocycles. The van der Waals surface area contributed by atoms with Gasteiger partial charge in [0.1, 0.15) is 17.5 Å². The maximum absolute atomic E-state index is 13.4. The first kappa shape index (κ1) is 13.8. The van der Waals surface area contributed by atoms with Crippen LogP contribution in [0.4, 0.5) is 13.2 Å². The van der Waals surface area contributed by atoms with Crippen molar-refractivity contribution in [3.8, 4) is 0 Å². The second-order valence-corrected chi connectivity index (χ2v) is 4.80. The van der Waals surface area contributed by atoms with E-state index < -0.39 is 28.8 Å². The molecule has 0 heterocycles. The van der Waals surface area contributed by atoms with E-state index in [0.717, 1.165) is 12.1 Å². The van der Waals surface area contributed by atoms with Gasteiger partial charge in [0.25, 0.3) is 0 Å². The van der Waals surface area contributed by atoms with Gasteiger partial charge in [0, 0.05) is 6.42 Å². The lowest BCUT2D eigenvalue weighted by Crippen LogP contribution is -2.09. The van der Waals surface area contributed by atoms with E-state index in [2.05, 4.69) is 15.9 Å². The molecular formula is C14H8BrF3O. The third kappa shape index (κ3) is 3.04. The van der Waals surface area contributed by atoms with Gasteiger partial charge in [0.05, 0.1) is 10.0 Å². The monoisotopic (exact) mass is 328 g/mol. The summed E-state index contributed by atoms with van der Waals surface area (Å²) in [6.45, 7) is 0. The highest BCUT2D eigenvalue weighted by molar-refractivity contribution is 9.10. The molecule has 0 radical (unpaired) electrons. The van der Waals surface area contributed by atoms with E-state index in [0.29, 0.717) is 5.56 Å². The zero-order valence-corrected chi connectivity index (χ0v) is 11.2. The fraction of sp³-hybridized carbons (Fsp3) is 0.0714. The Morgan fingerprint density at radius 2 is 1.63 bits per heavy atom. The topological polar surface area (TPSA) is 17.1 Å². The molecule has 98 valence electrons. The molecule has 0 N–H and O–H groups in total. The van der Waals surface area contributed by atoms with Gasteiger partial charge in [-0.3, -0.25) is 4.79 Å². The van der Waals surface area contributed by atoms with E-state index in [1.807, 2.05) is 0 Å². The number of Topliss-reactive ketones (excluding diaryl/α,β-unsaturated/α-hetero) is 1. The van der Waals surface area contributed by atoms with E-state index in [1.54, 1.807) is 0 Å². The van der Waals surface area contributed by atoms with E-state index >= 15 is 0 Å². The summed E-state index contributed by atoms with van der Waals surface area (Å²) in [4.78, 5) is 11.9. The summed E-state index contributed by atoms with van der Waals surface area (Å²) in [6, 6.07) is 7.23. The molecule has 0 saturated carbocycles. The molecule has 0 amide bonds. The molecule has 2 aromatic rings. The molecule has 19 heavy (non-hydrogen) atoms. The molecular weight excluding hydrogens is 321 g/mol. The number of hydrogen-bond acceptors (Lipinski definition) is 1. The Bertz CT molecular complexity index is 620. The molecule has 0 bridgehead atoms. The summed E-state index contributed by atoms with van der Waals surface area (Å²) < 4.78 is 40.1. The second-order valence-electron chi connectivity index (χ2n) is 3.95. The molecule has 2 rings (SSSR count). The molecule has 0 spiro atoms. The Kier molecular flexibility index (Phi) is 4.04. The van der Waals surface area contributed by atoms with Crippen molar-refractivity contribution in [1.29, 1.82) is 0 Å². The number of ketones is 1. The third-order valence-electron chi connectivity index (χ3n) is 2.59. The van der Waals surface area contributed by atoms with Crippen molar-refractivity contribution in [2.24, 2.45) is 0 Å². The fourth-order valence-corrected chi connectivity index (χ4v) is 2.11. The highest BCUT2D eigenvalue weighted by atomic mass is 79.9. The summed E-state index contributed by atoms with van der Waals surface area (Å²) in [5.74, 6) is -2.94. The molecule has 0 unspecified atom stereocenters. The van der Waals surface area contributed by atoms with Gasteiger partial charge in [-0.25, -0.2) is 13.2 Å². The van der Waals surface area contributed by atoms with Crippen LogP contribution in [-0.4, -0.2) is 5.78 Å². The van der Waals surface area contributed by atoms with Gasteiger partial charge < -0.3 is 0 Å². The van der Waals surface area contributed by atoms with Gasteiger partial charge >= 0.3 is 0 Å². The van der Waals surface area contributed by atoms with Crippen molar-refractivity contribution in [2.75, 3.05) is 0 Å². The summed E-state index contributed by atoms with van der Waals surface area (Å²) in [5, 5.41) is 0. The van der Waals surface area contributed by atoms with Crippen LogP contribution in [0.25, 0.3) is 0 Å². The lowest BCUT2D eigenvalue weighted by molar-refractivity contribution is 0.0985. The first-order chi connectivity index (χ1) is 8.99. The van der Waals surface area contributed by atoms with Crippen LogP contribution < -0.4 is 0 Å². The summed E-state index contributed by atoms with van der Waals surface area (Å²) in [7, 11) is 0. The Morgan fingerprint density at radius 1 is 1.00 bits per heavy atom. The Balaban J connectivity index is 2.28. The van der Waals surface area contributed by atoms with E-state index in [1.165, 1.54) is 24.3 Å². The van der Waals surface area contributed by atoms with Gasteiger partial charge in [0.2, 0.25) is 0 Å². The molecule has 0 aromatic heterocycles. The van der Waals surface area contributed by atoms with E-state index in [-0.39, 0.29) is 10.9 Å². The molecule has 0 atom stereocenters. The summed E-state index contributed by atoms with van der Waals surface area (Å²) >= 11 is 2.99. The van der Waals surface area contributed by atoms with Crippen molar-refractivity contribution >= 4 is 21.7 Å². The lowest BCUT2D eigenvalue weighted by atomic mass is 10.0. The van der Waals surface area contributed by atoms with Crippen molar-refractivity contribution in [3.05, 3.63) is 69.4 Å². The fourth-order valence-electron chi connectivity index (χ4n) is 1.69.